The molecule has 0 aromatic heterocycles. The maximum absolute atomic E-state index is 12.9. The molecule has 1 aromatic rings. The molecule has 0 saturated carbocycles. The molecule has 0 fully saturated rings. The van der Waals surface area contributed by atoms with E-state index in [0.717, 1.165) is 24.3 Å². The van der Waals surface area contributed by atoms with Crippen LogP contribution >= 0.6 is 15.9 Å². The number of rotatable bonds is 2. The van der Waals surface area contributed by atoms with Crippen LogP contribution < -0.4 is 0 Å². The molecular weight excluding hydrogens is 263 g/mol. The van der Waals surface area contributed by atoms with Gasteiger partial charge in [0.1, 0.15) is 5.82 Å². The lowest BCUT2D eigenvalue weighted by atomic mass is 10.2. The highest BCUT2D eigenvalue weighted by molar-refractivity contribution is 9.10. The fourth-order valence-electron chi connectivity index (χ4n) is 0.805. The summed E-state index contributed by atoms with van der Waals surface area (Å²) in [4.78, 5) is 12.0. The number of alkyl halides is 2. The summed E-state index contributed by atoms with van der Waals surface area (Å²) in [5, 5.41) is 0. The summed E-state index contributed by atoms with van der Waals surface area (Å²) < 4.78 is 38.3. The van der Waals surface area contributed by atoms with Crippen molar-refractivity contribution in [2.75, 3.05) is 0 Å². The maximum Gasteiger partial charge on any atom is 0.379 e. The Morgan fingerprint density at radius 1 is 1.43 bits per heavy atom. The van der Waals surface area contributed by atoms with Crippen LogP contribution in [0.4, 0.5) is 13.2 Å². The molecule has 1 aromatic carbocycles. The molecule has 0 atom stereocenters. The summed E-state index contributed by atoms with van der Waals surface area (Å²) in [6.07, 6.45) is 0.756. The van der Waals surface area contributed by atoms with Crippen LogP contribution in [-0.4, -0.2) is 6.08 Å². The topological polar surface area (TPSA) is 29.4 Å². The molecule has 0 amide bonds. The Kier molecular flexibility index (Phi) is 3.08. The molecule has 0 unspecified atom stereocenters. The quantitative estimate of drug-likeness (QED) is 0.459. The van der Waals surface area contributed by atoms with E-state index in [0.29, 0.717) is 0 Å². The van der Waals surface area contributed by atoms with E-state index in [-0.39, 0.29) is 4.47 Å². The van der Waals surface area contributed by atoms with Crippen molar-refractivity contribution in [1.29, 1.82) is 0 Å². The first-order chi connectivity index (χ1) is 6.47. The van der Waals surface area contributed by atoms with Gasteiger partial charge in [-0.05, 0) is 34.1 Å². The van der Waals surface area contributed by atoms with E-state index >= 15 is 0 Å². The van der Waals surface area contributed by atoms with E-state index in [2.05, 4.69) is 20.9 Å². The van der Waals surface area contributed by atoms with E-state index in [4.69, 9.17) is 0 Å². The zero-order chi connectivity index (χ0) is 10.8. The molecule has 0 N–H and O–H groups in total. The molecule has 0 aliphatic heterocycles. The summed E-state index contributed by atoms with van der Waals surface area (Å²) in [7, 11) is 0. The zero-order valence-corrected chi connectivity index (χ0v) is 8.19. The van der Waals surface area contributed by atoms with Crippen LogP contribution in [-0.2, 0) is 10.8 Å². The fraction of sp³-hybridized carbons (Fsp3) is 0.125. The number of carbonyl (C=O) groups excluding carboxylic acids is 1. The summed E-state index contributed by atoms with van der Waals surface area (Å²) in [5.74, 6) is -0.667. The predicted octanol–water partition coefficient (Wildman–Crippen LogP) is 2.97. The van der Waals surface area contributed by atoms with Gasteiger partial charge in [-0.3, -0.25) is 0 Å². The molecular formula is C8H3BrF3NO. The number of halogens is 4. The second-order valence-corrected chi connectivity index (χ2v) is 3.23. The van der Waals surface area contributed by atoms with E-state index < -0.39 is 17.4 Å². The van der Waals surface area contributed by atoms with Crippen molar-refractivity contribution in [3.63, 3.8) is 0 Å². The van der Waals surface area contributed by atoms with Gasteiger partial charge < -0.3 is 0 Å². The van der Waals surface area contributed by atoms with E-state index in [1.54, 1.807) is 0 Å². The van der Waals surface area contributed by atoms with Crippen LogP contribution in [0, 0.1) is 5.82 Å². The van der Waals surface area contributed by atoms with Gasteiger partial charge in [-0.15, -0.1) is 4.99 Å². The lowest BCUT2D eigenvalue weighted by Gasteiger charge is -2.09. The Balaban J connectivity index is 3.20. The van der Waals surface area contributed by atoms with Gasteiger partial charge >= 0.3 is 6.05 Å². The van der Waals surface area contributed by atoms with Crippen LogP contribution in [0.15, 0.2) is 27.7 Å². The van der Waals surface area contributed by atoms with Crippen molar-refractivity contribution < 1.29 is 18.0 Å². The molecule has 2 nitrogen and oxygen atoms in total. The summed E-state index contributed by atoms with van der Waals surface area (Å²) >= 11 is 2.74. The number of isocyanates is 1. The van der Waals surface area contributed by atoms with E-state index in [1.807, 2.05) is 0 Å². The summed E-state index contributed by atoms with van der Waals surface area (Å²) in [6.45, 7) is 0. The Bertz CT molecular complexity index is 402. The van der Waals surface area contributed by atoms with Gasteiger partial charge in [-0.1, -0.05) is 0 Å². The Morgan fingerprint density at radius 3 is 2.57 bits per heavy atom. The van der Waals surface area contributed by atoms with Crippen molar-refractivity contribution in [1.82, 2.24) is 0 Å². The molecule has 0 heterocycles. The number of aliphatic imine (C=N–C) groups is 1. The lowest BCUT2D eigenvalue weighted by Crippen LogP contribution is -2.09. The Labute approximate surface area is 85.6 Å². The average molecular weight is 266 g/mol. The van der Waals surface area contributed by atoms with Crippen LogP contribution in [0.25, 0.3) is 0 Å². The van der Waals surface area contributed by atoms with Crippen LogP contribution in [0.2, 0.25) is 0 Å². The molecule has 6 heteroatoms. The second-order valence-electron chi connectivity index (χ2n) is 2.37. The van der Waals surface area contributed by atoms with E-state index in [9.17, 15) is 18.0 Å². The minimum Gasteiger partial charge on any atom is -0.211 e. The Hall–Kier alpha value is -1.13. The summed E-state index contributed by atoms with van der Waals surface area (Å²) in [5.41, 5.74) is -0.575. The lowest BCUT2D eigenvalue weighted by molar-refractivity contribution is 0.00605. The third kappa shape index (κ3) is 2.21. The predicted molar refractivity (Wildman–Crippen MR) is 46.1 cm³/mol. The third-order valence-electron chi connectivity index (χ3n) is 1.45. The van der Waals surface area contributed by atoms with Gasteiger partial charge in [0.2, 0.25) is 6.08 Å². The molecule has 1 rings (SSSR count). The molecule has 0 aliphatic rings. The highest BCUT2D eigenvalue weighted by atomic mass is 79.9. The van der Waals surface area contributed by atoms with Gasteiger partial charge in [0, 0.05) is 5.56 Å². The van der Waals surface area contributed by atoms with E-state index in [1.165, 1.54) is 0 Å². The normalized spacial score (nSPS) is 10.9. The van der Waals surface area contributed by atoms with Gasteiger partial charge in [0.05, 0.1) is 4.47 Å². The summed E-state index contributed by atoms with van der Waals surface area (Å²) in [6, 6.07) is -1.11. The number of hydrogen-bond acceptors (Lipinski definition) is 2. The zero-order valence-electron chi connectivity index (χ0n) is 6.60. The van der Waals surface area contributed by atoms with Crippen LogP contribution in [0.1, 0.15) is 5.56 Å². The smallest absolute Gasteiger partial charge is 0.211 e. The van der Waals surface area contributed by atoms with Crippen molar-refractivity contribution in [2.45, 2.75) is 6.05 Å². The highest BCUT2D eigenvalue weighted by Crippen LogP contribution is 2.31. The monoisotopic (exact) mass is 265 g/mol. The first-order valence-corrected chi connectivity index (χ1v) is 4.19. The molecule has 14 heavy (non-hydrogen) atoms. The second kappa shape index (κ2) is 3.94. The molecule has 74 valence electrons. The molecule has 0 saturated heterocycles. The van der Waals surface area contributed by atoms with Gasteiger partial charge in [0.15, 0.2) is 0 Å². The number of nitrogens with zero attached hydrogens (tertiary/aromatic N) is 1. The standard InChI is InChI=1S/C8H3BrF3NO/c9-6-3-5(1-2-7(6)10)8(11,12)13-4-14/h1-3H. The molecule has 0 bridgehead atoms. The van der Waals surface area contributed by atoms with Crippen LogP contribution in [0.3, 0.4) is 0 Å². The fourth-order valence-corrected chi connectivity index (χ4v) is 1.18. The molecule has 0 aliphatic carbocycles. The number of benzene rings is 1. The largest absolute Gasteiger partial charge is 0.379 e. The first kappa shape index (κ1) is 10.9. The Morgan fingerprint density at radius 2 is 2.07 bits per heavy atom. The minimum atomic E-state index is -3.67. The first-order valence-electron chi connectivity index (χ1n) is 3.40. The number of hydrogen-bond donors (Lipinski definition) is 0. The average Bonchev–Trinajstić information content (AvgIpc) is 2.09. The maximum atomic E-state index is 12.9. The van der Waals surface area contributed by atoms with Gasteiger partial charge in [-0.2, -0.15) is 8.78 Å². The molecule has 0 spiro atoms. The third-order valence-corrected chi connectivity index (χ3v) is 2.06. The van der Waals surface area contributed by atoms with Crippen molar-refractivity contribution in [3.05, 3.63) is 34.1 Å². The highest BCUT2D eigenvalue weighted by Gasteiger charge is 2.31. The van der Waals surface area contributed by atoms with Gasteiger partial charge in [-0.25, -0.2) is 9.18 Å². The van der Waals surface area contributed by atoms with Crippen LogP contribution in [0.5, 0.6) is 0 Å². The SMILES string of the molecule is O=C=NC(F)(F)c1ccc(F)c(Br)c1. The van der Waals surface area contributed by atoms with Crippen molar-refractivity contribution in [3.8, 4) is 0 Å². The minimum absolute atomic E-state index is 0.115. The van der Waals surface area contributed by atoms with Crippen molar-refractivity contribution in [2.24, 2.45) is 4.99 Å². The van der Waals surface area contributed by atoms with Gasteiger partial charge in [0.25, 0.3) is 0 Å². The van der Waals surface area contributed by atoms with Crippen molar-refractivity contribution >= 4 is 22.0 Å². The molecule has 0 radical (unpaired) electrons.